The highest BCUT2D eigenvalue weighted by Crippen LogP contribution is 2.39. The standard InChI is InChI=1S/C15H20N4/c1-11-5-4-8-16-14(11)12-6-3-7-13(19(12)2)15-17-9-10-18-15/h4-5,8-10,12-13H,3,6-7H2,1-2H3,(H,17,18)/t12-,13+/m0/s1. The zero-order chi connectivity index (χ0) is 13.2. The molecule has 0 spiro atoms. The molecule has 0 aliphatic carbocycles. The predicted octanol–water partition coefficient (Wildman–Crippen LogP) is 3.01. The summed E-state index contributed by atoms with van der Waals surface area (Å²) in [6.45, 7) is 2.15. The summed E-state index contributed by atoms with van der Waals surface area (Å²) in [5, 5.41) is 0. The first kappa shape index (κ1) is 12.4. The fourth-order valence-electron chi connectivity index (χ4n) is 3.09. The van der Waals surface area contributed by atoms with Crippen molar-refractivity contribution in [2.45, 2.75) is 38.3 Å². The summed E-state index contributed by atoms with van der Waals surface area (Å²) in [5.41, 5.74) is 2.49. The van der Waals surface area contributed by atoms with Crippen LogP contribution in [0, 0.1) is 6.92 Å². The van der Waals surface area contributed by atoms with Gasteiger partial charge in [-0.1, -0.05) is 6.07 Å². The molecule has 4 heteroatoms. The Bertz CT molecular complexity index is 535. The Kier molecular flexibility index (Phi) is 3.34. The van der Waals surface area contributed by atoms with Crippen LogP contribution in [0.5, 0.6) is 0 Å². The van der Waals surface area contributed by atoms with E-state index in [1.54, 1.807) is 0 Å². The maximum Gasteiger partial charge on any atom is 0.123 e. The molecule has 2 aromatic heterocycles. The van der Waals surface area contributed by atoms with Crippen molar-refractivity contribution < 1.29 is 0 Å². The number of pyridine rings is 1. The molecule has 0 unspecified atom stereocenters. The summed E-state index contributed by atoms with van der Waals surface area (Å²) in [7, 11) is 2.19. The minimum absolute atomic E-state index is 0.371. The lowest BCUT2D eigenvalue weighted by molar-refractivity contribution is 0.106. The molecule has 19 heavy (non-hydrogen) atoms. The summed E-state index contributed by atoms with van der Waals surface area (Å²) < 4.78 is 0. The third-order valence-corrected chi connectivity index (χ3v) is 4.14. The lowest BCUT2D eigenvalue weighted by Gasteiger charge is -2.38. The van der Waals surface area contributed by atoms with Gasteiger partial charge in [-0.2, -0.15) is 0 Å². The van der Waals surface area contributed by atoms with Crippen LogP contribution in [0.25, 0.3) is 0 Å². The van der Waals surface area contributed by atoms with E-state index >= 15 is 0 Å². The molecule has 0 amide bonds. The topological polar surface area (TPSA) is 44.8 Å². The minimum Gasteiger partial charge on any atom is -0.347 e. The first-order valence-corrected chi connectivity index (χ1v) is 6.90. The van der Waals surface area contributed by atoms with Crippen LogP contribution in [0.2, 0.25) is 0 Å². The van der Waals surface area contributed by atoms with Crippen LogP contribution in [-0.4, -0.2) is 26.9 Å². The van der Waals surface area contributed by atoms with Crippen LogP contribution >= 0.6 is 0 Å². The molecule has 3 rings (SSSR count). The molecule has 1 aliphatic heterocycles. The van der Waals surface area contributed by atoms with Crippen molar-refractivity contribution in [2.75, 3.05) is 7.05 Å². The van der Waals surface area contributed by atoms with E-state index in [0.717, 1.165) is 12.2 Å². The van der Waals surface area contributed by atoms with Gasteiger partial charge in [-0.15, -0.1) is 0 Å². The Morgan fingerprint density at radius 3 is 2.79 bits per heavy atom. The highest BCUT2D eigenvalue weighted by Gasteiger charge is 2.32. The number of piperidine rings is 1. The number of nitrogens with zero attached hydrogens (tertiary/aromatic N) is 3. The average Bonchev–Trinajstić information content (AvgIpc) is 2.94. The molecule has 1 saturated heterocycles. The number of rotatable bonds is 2. The van der Waals surface area contributed by atoms with E-state index in [4.69, 9.17) is 0 Å². The third-order valence-electron chi connectivity index (χ3n) is 4.14. The molecule has 0 saturated carbocycles. The second kappa shape index (κ2) is 5.13. The predicted molar refractivity (Wildman–Crippen MR) is 74.7 cm³/mol. The lowest BCUT2D eigenvalue weighted by atomic mass is 9.92. The van der Waals surface area contributed by atoms with Gasteiger partial charge in [0, 0.05) is 18.6 Å². The first-order valence-electron chi connectivity index (χ1n) is 6.90. The molecule has 100 valence electrons. The Labute approximate surface area is 113 Å². The number of aromatic nitrogens is 3. The second-order valence-corrected chi connectivity index (χ2v) is 5.31. The van der Waals surface area contributed by atoms with Gasteiger partial charge in [-0.05, 0) is 44.9 Å². The van der Waals surface area contributed by atoms with E-state index in [1.165, 1.54) is 24.1 Å². The lowest BCUT2D eigenvalue weighted by Crippen LogP contribution is -2.34. The Balaban J connectivity index is 1.89. The van der Waals surface area contributed by atoms with Gasteiger partial charge in [0.25, 0.3) is 0 Å². The van der Waals surface area contributed by atoms with E-state index in [2.05, 4.69) is 39.9 Å². The molecular weight excluding hydrogens is 236 g/mol. The molecule has 1 N–H and O–H groups in total. The van der Waals surface area contributed by atoms with Gasteiger partial charge < -0.3 is 4.98 Å². The molecule has 0 aromatic carbocycles. The third kappa shape index (κ3) is 2.28. The molecule has 0 bridgehead atoms. The van der Waals surface area contributed by atoms with Crippen molar-refractivity contribution in [2.24, 2.45) is 0 Å². The smallest absolute Gasteiger partial charge is 0.123 e. The number of hydrogen-bond donors (Lipinski definition) is 1. The first-order chi connectivity index (χ1) is 9.27. The number of nitrogens with one attached hydrogen (secondary N) is 1. The van der Waals surface area contributed by atoms with E-state index in [9.17, 15) is 0 Å². The maximum absolute atomic E-state index is 4.60. The van der Waals surface area contributed by atoms with Gasteiger partial charge in [-0.3, -0.25) is 9.88 Å². The fourth-order valence-corrected chi connectivity index (χ4v) is 3.09. The SMILES string of the molecule is Cc1cccnc1[C@@H]1CCC[C@H](c2ncc[nH]2)N1C. The summed E-state index contributed by atoms with van der Waals surface area (Å²) in [4.78, 5) is 14.7. The van der Waals surface area contributed by atoms with Crippen LogP contribution < -0.4 is 0 Å². The number of imidazole rings is 1. The molecular formula is C15H20N4. The molecule has 0 radical (unpaired) electrons. The van der Waals surface area contributed by atoms with Crippen molar-refractivity contribution in [1.29, 1.82) is 0 Å². The normalized spacial score (nSPS) is 24.5. The quantitative estimate of drug-likeness (QED) is 0.898. The largest absolute Gasteiger partial charge is 0.347 e. The van der Waals surface area contributed by atoms with Crippen molar-refractivity contribution >= 4 is 0 Å². The number of aromatic amines is 1. The second-order valence-electron chi connectivity index (χ2n) is 5.31. The number of likely N-dealkylation sites (tertiary alicyclic amines) is 1. The van der Waals surface area contributed by atoms with Crippen LogP contribution in [0.4, 0.5) is 0 Å². The maximum atomic E-state index is 4.60. The van der Waals surface area contributed by atoms with Crippen molar-refractivity contribution in [3.05, 3.63) is 47.8 Å². The van der Waals surface area contributed by atoms with Crippen LogP contribution in [0.3, 0.4) is 0 Å². The van der Waals surface area contributed by atoms with Gasteiger partial charge in [0.15, 0.2) is 0 Å². The van der Waals surface area contributed by atoms with Crippen LogP contribution in [0.15, 0.2) is 30.7 Å². The molecule has 2 aromatic rings. The monoisotopic (exact) mass is 256 g/mol. The Morgan fingerprint density at radius 2 is 2.05 bits per heavy atom. The van der Waals surface area contributed by atoms with E-state index < -0.39 is 0 Å². The van der Waals surface area contributed by atoms with E-state index in [-0.39, 0.29) is 0 Å². The summed E-state index contributed by atoms with van der Waals surface area (Å²) in [6.07, 6.45) is 9.18. The van der Waals surface area contributed by atoms with Crippen LogP contribution in [-0.2, 0) is 0 Å². The number of H-pyrrole nitrogens is 1. The van der Waals surface area contributed by atoms with Gasteiger partial charge >= 0.3 is 0 Å². The summed E-state index contributed by atoms with van der Waals surface area (Å²) in [6, 6.07) is 4.92. The van der Waals surface area contributed by atoms with Crippen molar-refractivity contribution in [3.8, 4) is 0 Å². The van der Waals surface area contributed by atoms with Crippen molar-refractivity contribution in [3.63, 3.8) is 0 Å². The Morgan fingerprint density at radius 1 is 1.21 bits per heavy atom. The minimum atomic E-state index is 0.371. The summed E-state index contributed by atoms with van der Waals surface area (Å²) in [5.74, 6) is 1.07. The average molecular weight is 256 g/mol. The van der Waals surface area contributed by atoms with Crippen LogP contribution in [0.1, 0.15) is 48.4 Å². The molecule has 1 aliphatic rings. The summed E-state index contributed by atoms with van der Waals surface area (Å²) >= 11 is 0. The van der Waals surface area contributed by atoms with E-state index in [0.29, 0.717) is 12.1 Å². The zero-order valence-electron chi connectivity index (χ0n) is 11.5. The molecule has 3 heterocycles. The van der Waals surface area contributed by atoms with Gasteiger partial charge in [0.05, 0.1) is 17.8 Å². The highest BCUT2D eigenvalue weighted by atomic mass is 15.2. The van der Waals surface area contributed by atoms with E-state index in [1.807, 2.05) is 24.7 Å². The molecule has 1 fully saturated rings. The fraction of sp³-hybridized carbons (Fsp3) is 0.467. The number of aryl methyl sites for hydroxylation is 1. The van der Waals surface area contributed by atoms with Gasteiger partial charge in [-0.25, -0.2) is 4.98 Å². The zero-order valence-corrected chi connectivity index (χ0v) is 11.5. The van der Waals surface area contributed by atoms with Gasteiger partial charge in [0.2, 0.25) is 0 Å². The Hall–Kier alpha value is -1.68. The molecule has 4 nitrogen and oxygen atoms in total. The molecule has 2 atom stereocenters. The number of hydrogen-bond acceptors (Lipinski definition) is 3. The highest BCUT2D eigenvalue weighted by molar-refractivity contribution is 5.22. The van der Waals surface area contributed by atoms with Gasteiger partial charge in [0.1, 0.15) is 5.82 Å². The van der Waals surface area contributed by atoms with Crippen molar-refractivity contribution in [1.82, 2.24) is 19.9 Å².